The summed E-state index contributed by atoms with van der Waals surface area (Å²) in [5.41, 5.74) is 0.928. The van der Waals surface area contributed by atoms with Gasteiger partial charge in [-0.15, -0.1) is 5.10 Å². The molecule has 1 fully saturated rings. The molecular weight excluding hydrogens is 294 g/mol. The van der Waals surface area contributed by atoms with Crippen LogP contribution in [0, 0.1) is 0 Å². The fourth-order valence-corrected chi connectivity index (χ4v) is 2.39. The van der Waals surface area contributed by atoms with Gasteiger partial charge in [0.05, 0.1) is 18.3 Å². The van der Waals surface area contributed by atoms with Gasteiger partial charge >= 0.3 is 0 Å². The first-order valence-corrected chi connectivity index (χ1v) is 7.71. The van der Waals surface area contributed by atoms with E-state index in [0.29, 0.717) is 18.3 Å². The lowest BCUT2D eigenvalue weighted by Gasteiger charge is -2.12. The molecule has 1 aromatic carbocycles. The standard InChI is InChI=1S/C15H17N7O/c1-10(16-9-13-17-15(23-19-13)11-7-8-11)14-18-20-21-22(14)12-5-3-2-4-6-12/h2-6,10-11,16H,7-9H2,1H3/t10-/m0/s1. The number of hydrogen-bond donors (Lipinski definition) is 1. The van der Waals surface area contributed by atoms with Crippen LogP contribution < -0.4 is 5.32 Å². The van der Waals surface area contributed by atoms with Crippen molar-refractivity contribution in [3.63, 3.8) is 0 Å². The van der Waals surface area contributed by atoms with E-state index in [1.165, 1.54) is 0 Å². The minimum absolute atomic E-state index is 0.0481. The van der Waals surface area contributed by atoms with Gasteiger partial charge in [0.2, 0.25) is 5.89 Å². The van der Waals surface area contributed by atoms with Crippen LogP contribution in [0.3, 0.4) is 0 Å². The Kier molecular flexibility index (Phi) is 3.58. The number of aromatic nitrogens is 6. The van der Waals surface area contributed by atoms with Gasteiger partial charge in [-0.3, -0.25) is 0 Å². The van der Waals surface area contributed by atoms with Crippen LogP contribution in [0.4, 0.5) is 0 Å². The van der Waals surface area contributed by atoms with E-state index in [1.807, 2.05) is 37.3 Å². The van der Waals surface area contributed by atoms with Crippen molar-refractivity contribution < 1.29 is 4.52 Å². The van der Waals surface area contributed by atoms with Crippen molar-refractivity contribution in [1.82, 2.24) is 35.7 Å². The summed E-state index contributed by atoms with van der Waals surface area (Å²) < 4.78 is 6.98. The third-order valence-corrected chi connectivity index (χ3v) is 3.86. The van der Waals surface area contributed by atoms with E-state index < -0.39 is 0 Å². The molecule has 0 aliphatic heterocycles. The third-order valence-electron chi connectivity index (χ3n) is 3.86. The summed E-state index contributed by atoms with van der Waals surface area (Å²) in [5.74, 6) is 2.63. The van der Waals surface area contributed by atoms with E-state index in [0.717, 1.165) is 30.2 Å². The van der Waals surface area contributed by atoms with Gasteiger partial charge < -0.3 is 9.84 Å². The Morgan fingerprint density at radius 2 is 2.13 bits per heavy atom. The minimum atomic E-state index is -0.0481. The van der Waals surface area contributed by atoms with E-state index in [4.69, 9.17) is 4.52 Å². The fraction of sp³-hybridized carbons (Fsp3) is 0.400. The molecule has 0 spiro atoms. The number of hydrogen-bond acceptors (Lipinski definition) is 7. The number of para-hydroxylation sites is 1. The monoisotopic (exact) mass is 311 g/mol. The van der Waals surface area contributed by atoms with E-state index in [9.17, 15) is 0 Å². The van der Waals surface area contributed by atoms with Crippen LogP contribution >= 0.6 is 0 Å². The summed E-state index contributed by atoms with van der Waals surface area (Å²) in [7, 11) is 0. The molecular formula is C15H17N7O. The smallest absolute Gasteiger partial charge is 0.229 e. The highest BCUT2D eigenvalue weighted by Gasteiger charge is 2.29. The van der Waals surface area contributed by atoms with Gasteiger partial charge in [-0.25, -0.2) is 0 Å². The molecule has 118 valence electrons. The van der Waals surface area contributed by atoms with Gasteiger partial charge in [0.25, 0.3) is 0 Å². The Morgan fingerprint density at radius 3 is 2.91 bits per heavy atom. The zero-order valence-electron chi connectivity index (χ0n) is 12.8. The second-order valence-electron chi connectivity index (χ2n) is 5.71. The van der Waals surface area contributed by atoms with Crippen LogP contribution in [0.15, 0.2) is 34.9 Å². The first-order valence-electron chi connectivity index (χ1n) is 7.71. The number of benzene rings is 1. The van der Waals surface area contributed by atoms with E-state index in [2.05, 4.69) is 31.0 Å². The Morgan fingerprint density at radius 1 is 1.30 bits per heavy atom. The normalized spacial score (nSPS) is 15.7. The highest BCUT2D eigenvalue weighted by atomic mass is 16.5. The van der Waals surface area contributed by atoms with Crippen LogP contribution in [0.5, 0.6) is 0 Å². The molecule has 1 atom stereocenters. The number of rotatable bonds is 6. The zero-order valence-corrected chi connectivity index (χ0v) is 12.8. The zero-order chi connectivity index (χ0) is 15.6. The maximum Gasteiger partial charge on any atom is 0.229 e. The molecule has 4 rings (SSSR count). The van der Waals surface area contributed by atoms with Crippen LogP contribution in [0.25, 0.3) is 5.69 Å². The molecule has 1 saturated carbocycles. The largest absolute Gasteiger partial charge is 0.339 e. The Bertz CT molecular complexity index is 778. The molecule has 1 aliphatic rings. The highest BCUT2D eigenvalue weighted by Crippen LogP contribution is 2.38. The molecule has 0 radical (unpaired) electrons. The first-order chi connectivity index (χ1) is 11.3. The second-order valence-corrected chi connectivity index (χ2v) is 5.71. The minimum Gasteiger partial charge on any atom is -0.339 e. The summed E-state index contributed by atoms with van der Waals surface area (Å²) in [6, 6.07) is 9.76. The third kappa shape index (κ3) is 2.98. The van der Waals surface area contributed by atoms with Crippen LogP contribution in [0.1, 0.15) is 49.3 Å². The summed E-state index contributed by atoms with van der Waals surface area (Å²) >= 11 is 0. The van der Waals surface area contributed by atoms with Gasteiger partial charge in [-0.05, 0) is 42.3 Å². The molecule has 8 heteroatoms. The summed E-state index contributed by atoms with van der Waals surface area (Å²) in [6.45, 7) is 2.52. The van der Waals surface area contributed by atoms with Crippen molar-refractivity contribution >= 4 is 0 Å². The van der Waals surface area contributed by atoms with E-state index in [-0.39, 0.29) is 6.04 Å². The van der Waals surface area contributed by atoms with Crippen molar-refractivity contribution in [1.29, 1.82) is 0 Å². The van der Waals surface area contributed by atoms with Crippen molar-refractivity contribution in [3.8, 4) is 5.69 Å². The molecule has 0 saturated heterocycles. The van der Waals surface area contributed by atoms with Crippen molar-refractivity contribution in [3.05, 3.63) is 47.9 Å². The van der Waals surface area contributed by atoms with Gasteiger partial charge in [-0.2, -0.15) is 9.67 Å². The van der Waals surface area contributed by atoms with Crippen LogP contribution in [-0.2, 0) is 6.54 Å². The van der Waals surface area contributed by atoms with Crippen molar-refractivity contribution in [2.45, 2.75) is 38.3 Å². The molecule has 8 nitrogen and oxygen atoms in total. The molecule has 2 aromatic heterocycles. The lowest BCUT2D eigenvalue weighted by molar-refractivity contribution is 0.371. The second kappa shape index (κ2) is 5.88. The van der Waals surface area contributed by atoms with E-state index in [1.54, 1.807) is 4.68 Å². The Labute approximate surface area is 132 Å². The predicted molar refractivity (Wildman–Crippen MR) is 80.7 cm³/mol. The topological polar surface area (TPSA) is 94.6 Å². The molecule has 1 aliphatic carbocycles. The van der Waals surface area contributed by atoms with Crippen LogP contribution in [-0.4, -0.2) is 30.3 Å². The fourth-order valence-electron chi connectivity index (χ4n) is 2.39. The molecule has 0 bridgehead atoms. The van der Waals surface area contributed by atoms with Gasteiger partial charge in [0, 0.05) is 5.92 Å². The van der Waals surface area contributed by atoms with Gasteiger partial charge in [0.1, 0.15) is 0 Å². The Hall–Kier alpha value is -2.61. The van der Waals surface area contributed by atoms with Gasteiger partial charge in [-0.1, -0.05) is 23.4 Å². The predicted octanol–water partition coefficient (Wildman–Crippen LogP) is 1.77. The molecule has 2 heterocycles. The quantitative estimate of drug-likeness (QED) is 0.741. The molecule has 3 aromatic rings. The number of nitrogens with one attached hydrogen (secondary N) is 1. The maximum atomic E-state index is 5.26. The molecule has 0 amide bonds. The molecule has 23 heavy (non-hydrogen) atoms. The Balaban J connectivity index is 1.44. The lowest BCUT2D eigenvalue weighted by Crippen LogP contribution is -2.22. The maximum absolute atomic E-state index is 5.26. The van der Waals surface area contributed by atoms with Crippen molar-refractivity contribution in [2.24, 2.45) is 0 Å². The first kappa shape index (κ1) is 14.0. The summed E-state index contributed by atoms with van der Waals surface area (Å²) in [6.07, 6.45) is 2.30. The van der Waals surface area contributed by atoms with E-state index >= 15 is 0 Å². The number of nitrogens with zero attached hydrogens (tertiary/aromatic N) is 6. The number of tetrazole rings is 1. The SMILES string of the molecule is C[C@H](NCc1noc(C2CC2)n1)c1nnnn1-c1ccccc1. The lowest BCUT2D eigenvalue weighted by atomic mass is 10.3. The highest BCUT2D eigenvalue weighted by molar-refractivity contribution is 5.30. The van der Waals surface area contributed by atoms with Gasteiger partial charge in [0.15, 0.2) is 11.6 Å². The summed E-state index contributed by atoms with van der Waals surface area (Å²) in [5, 5.41) is 19.3. The average molecular weight is 311 g/mol. The molecule has 0 unspecified atom stereocenters. The van der Waals surface area contributed by atoms with Crippen molar-refractivity contribution in [2.75, 3.05) is 0 Å². The average Bonchev–Trinajstić information content (AvgIpc) is 3.14. The summed E-state index contributed by atoms with van der Waals surface area (Å²) in [4.78, 5) is 4.41. The molecule has 1 N–H and O–H groups in total. The van der Waals surface area contributed by atoms with Crippen LogP contribution in [0.2, 0.25) is 0 Å².